The van der Waals surface area contributed by atoms with E-state index in [1.807, 2.05) is 0 Å². The van der Waals surface area contributed by atoms with E-state index < -0.39 is 6.10 Å². The van der Waals surface area contributed by atoms with E-state index in [0.29, 0.717) is 19.3 Å². The molecule has 6 nitrogen and oxygen atoms in total. The molecule has 0 fully saturated rings. The third-order valence-electron chi connectivity index (χ3n) is 13.8. The molecule has 6 heteroatoms. The average Bonchev–Trinajstić information content (AvgIpc) is 3.33. The van der Waals surface area contributed by atoms with Crippen molar-refractivity contribution in [2.45, 2.75) is 348 Å². The van der Waals surface area contributed by atoms with Crippen molar-refractivity contribution < 1.29 is 28.6 Å². The second-order valence-corrected chi connectivity index (χ2v) is 20.6. The van der Waals surface area contributed by atoms with Gasteiger partial charge in [-0.15, -0.1) is 0 Å². The number of unbranched alkanes of at least 4 members (excludes halogenated alkanes) is 43. The fourth-order valence-corrected chi connectivity index (χ4v) is 9.21. The van der Waals surface area contributed by atoms with Crippen LogP contribution < -0.4 is 0 Å². The molecule has 0 aliphatic rings. The van der Waals surface area contributed by atoms with Crippen molar-refractivity contribution in [2.75, 3.05) is 13.2 Å². The minimum atomic E-state index is -0.766. The molecular weight excluding hydrogens is 829 g/mol. The molecule has 0 aliphatic carbocycles. The van der Waals surface area contributed by atoms with Gasteiger partial charge in [0.25, 0.3) is 0 Å². The van der Waals surface area contributed by atoms with E-state index in [1.54, 1.807) is 0 Å². The lowest BCUT2D eigenvalue weighted by atomic mass is 10.0. The summed E-state index contributed by atoms with van der Waals surface area (Å²) >= 11 is 0. The van der Waals surface area contributed by atoms with Gasteiger partial charge in [0.1, 0.15) is 13.2 Å². The highest BCUT2D eigenvalue weighted by atomic mass is 16.6. The lowest BCUT2D eigenvalue weighted by Gasteiger charge is -2.18. The molecule has 1 unspecified atom stereocenters. The smallest absolute Gasteiger partial charge is 0.306 e. The van der Waals surface area contributed by atoms with Crippen LogP contribution in [-0.2, 0) is 28.6 Å². The fourth-order valence-electron chi connectivity index (χ4n) is 9.21. The Hall–Kier alpha value is -1.85. The van der Waals surface area contributed by atoms with Gasteiger partial charge in [0.05, 0.1) is 0 Å². The van der Waals surface area contributed by atoms with Crippen molar-refractivity contribution in [1.82, 2.24) is 0 Å². The molecular formula is C61H116O6. The molecule has 0 saturated heterocycles. The molecule has 0 heterocycles. The molecule has 1 atom stereocenters. The molecule has 67 heavy (non-hydrogen) atoms. The zero-order valence-corrected chi connectivity index (χ0v) is 45.5. The second-order valence-electron chi connectivity index (χ2n) is 20.6. The van der Waals surface area contributed by atoms with Crippen LogP contribution in [0.15, 0.2) is 12.2 Å². The zero-order valence-electron chi connectivity index (χ0n) is 45.5. The van der Waals surface area contributed by atoms with Gasteiger partial charge in [0.15, 0.2) is 6.10 Å². The van der Waals surface area contributed by atoms with Crippen molar-refractivity contribution in [3.05, 3.63) is 12.2 Å². The quantitative estimate of drug-likeness (QED) is 0.0262. The van der Waals surface area contributed by atoms with Gasteiger partial charge in [-0.1, -0.05) is 290 Å². The van der Waals surface area contributed by atoms with Crippen molar-refractivity contribution in [1.29, 1.82) is 0 Å². The van der Waals surface area contributed by atoms with E-state index >= 15 is 0 Å². The average molecular weight is 946 g/mol. The number of hydrogen-bond donors (Lipinski definition) is 0. The number of allylic oxidation sites excluding steroid dienone is 2. The van der Waals surface area contributed by atoms with Crippen molar-refractivity contribution >= 4 is 17.9 Å². The van der Waals surface area contributed by atoms with E-state index in [4.69, 9.17) is 14.2 Å². The van der Waals surface area contributed by atoms with Crippen LogP contribution in [0, 0.1) is 0 Å². The topological polar surface area (TPSA) is 78.9 Å². The van der Waals surface area contributed by atoms with Crippen LogP contribution in [-0.4, -0.2) is 37.2 Å². The van der Waals surface area contributed by atoms with Crippen LogP contribution in [0.4, 0.5) is 0 Å². The van der Waals surface area contributed by atoms with Gasteiger partial charge in [0, 0.05) is 19.3 Å². The number of carbonyl (C=O) groups excluding carboxylic acids is 3. The molecule has 396 valence electrons. The Balaban J connectivity index is 4.24. The Labute approximate surface area is 418 Å². The number of ether oxygens (including phenoxy) is 3. The van der Waals surface area contributed by atoms with Crippen LogP contribution >= 0.6 is 0 Å². The van der Waals surface area contributed by atoms with Crippen molar-refractivity contribution in [2.24, 2.45) is 0 Å². The van der Waals surface area contributed by atoms with E-state index in [0.717, 1.165) is 57.8 Å². The molecule has 0 spiro atoms. The summed E-state index contributed by atoms with van der Waals surface area (Å²) in [6, 6.07) is 0. The summed E-state index contributed by atoms with van der Waals surface area (Å²) in [5.41, 5.74) is 0. The Morgan fingerprint density at radius 3 is 0.746 bits per heavy atom. The number of esters is 3. The zero-order chi connectivity index (χ0) is 48.6. The lowest BCUT2D eigenvalue weighted by molar-refractivity contribution is -0.167. The third-order valence-corrected chi connectivity index (χ3v) is 13.8. The standard InChI is InChI=1S/C61H116O6/c1-4-7-10-13-16-19-22-24-26-28-29-30-31-33-34-36-39-42-45-48-51-54-60(63)66-57-58(56-65-59(62)53-50-47-44-41-38-21-18-15-12-9-6-3)67-61(64)55-52-49-46-43-40-37-35-32-27-25-23-20-17-14-11-8-5-2/h25,27,58H,4-24,26,28-57H2,1-3H3/b27-25-. The van der Waals surface area contributed by atoms with Gasteiger partial charge < -0.3 is 14.2 Å². The van der Waals surface area contributed by atoms with Gasteiger partial charge in [0.2, 0.25) is 0 Å². The molecule has 0 aromatic carbocycles. The highest BCUT2D eigenvalue weighted by Gasteiger charge is 2.19. The van der Waals surface area contributed by atoms with Crippen molar-refractivity contribution in [3.8, 4) is 0 Å². The Bertz CT molecular complexity index is 1040. The molecule has 0 saturated carbocycles. The molecule has 0 aliphatic heterocycles. The summed E-state index contributed by atoms with van der Waals surface area (Å²) in [7, 11) is 0. The largest absolute Gasteiger partial charge is 0.462 e. The van der Waals surface area contributed by atoms with Crippen LogP contribution in [0.25, 0.3) is 0 Å². The highest BCUT2D eigenvalue weighted by Crippen LogP contribution is 2.17. The first kappa shape index (κ1) is 65.1. The van der Waals surface area contributed by atoms with E-state index in [9.17, 15) is 14.4 Å². The Morgan fingerprint density at radius 1 is 0.284 bits per heavy atom. The van der Waals surface area contributed by atoms with E-state index in [1.165, 1.54) is 244 Å². The predicted molar refractivity (Wildman–Crippen MR) is 289 cm³/mol. The van der Waals surface area contributed by atoms with E-state index in [-0.39, 0.29) is 31.1 Å². The summed E-state index contributed by atoms with van der Waals surface area (Å²) in [6.45, 7) is 6.69. The third kappa shape index (κ3) is 55.0. The second kappa shape index (κ2) is 56.7. The minimum absolute atomic E-state index is 0.0657. The summed E-state index contributed by atoms with van der Waals surface area (Å²) in [6.07, 6.45) is 65.0. The van der Waals surface area contributed by atoms with Crippen LogP contribution in [0.5, 0.6) is 0 Å². The Kier molecular flexibility index (Phi) is 55.2. The Morgan fingerprint density at radius 2 is 0.493 bits per heavy atom. The van der Waals surface area contributed by atoms with Gasteiger partial charge in [-0.2, -0.15) is 0 Å². The molecule has 0 N–H and O–H groups in total. The summed E-state index contributed by atoms with van der Waals surface area (Å²) in [4.78, 5) is 38.1. The molecule has 0 aromatic rings. The first-order valence-electron chi connectivity index (χ1n) is 30.2. The number of carbonyl (C=O) groups is 3. The summed E-state index contributed by atoms with van der Waals surface area (Å²) in [5.74, 6) is -0.845. The maximum absolute atomic E-state index is 12.9. The minimum Gasteiger partial charge on any atom is -0.462 e. The highest BCUT2D eigenvalue weighted by molar-refractivity contribution is 5.71. The maximum Gasteiger partial charge on any atom is 0.306 e. The van der Waals surface area contributed by atoms with Crippen LogP contribution in [0.1, 0.15) is 342 Å². The molecule has 0 amide bonds. The molecule has 0 rings (SSSR count). The first-order chi connectivity index (χ1) is 33.0. The van der Waals surface area contributed by atoms with Gasteiger partial charge in [-0.05, 0) is 44.9 Å². The fraction of sp³-hybridized carbons (Fsp3) is 0.918. The summed E-state index contributed by atoms with van der Waals surface area (Å²) < 4.78 is 16.9. The van der Waals surface area contributed by atoms with E-state index in [2.05, 4.69) is 32.9 Å². The first-order valence-corrected chi connectivity index (χ1v) is 30.2. The molecule has 0 radical (unpaired) electrons. The van der Waals surface area contributed by atoms with Gasteiger partial charge >= 0.3 is 17.9 Å². The molecule has 0 aromatic heterocycles. The van der Waals surface area contributed by atoms with Crippen LogP contribution in [0.3, 0.4) is 0 Å². The summed E-state index contributed by atoms with van der Waals surface area (Å²) in [5, 5.41) is 0. The lowest BCUT2D eigenvalue weighted by Crippen LogP contribution is -2.30. The maximum atomic E-state index is 12.9. The van der Waals surface area contributed by atoms with Crippen LogP contribution in [0.2, 0.25) is 0 Å². The van der Waals surface area contributed by atoms with Gasteiger partial charge in [-0.25, -0.2) is 0 Å². The number of hydrogen-bond acceptors (Lipinski definition) is 6. The normalized spacial score (nSPS) is 12.0. The monoisotopic (exact) mass is 945 g/mol. The van der Waals surface area contributed by atoms with Crippen molar-refractivity contribution in [3.63, 3.8) is 0 Å². The SMILES string of the molecule is CCCCCCCC/C=C\CCCCCCCCCC(=O)OC(COC(=O)CCCCCCCCCCCCC)COC(=O)CCCCCCCCCCCCCCCCCCCCCCC. The number of rotatable bonds is 56. The molecule has 0 bridgehead atoms. The predicted octanol–water partition coefficient (Wildman–Crippen LogP) is 20.1. The van der Waals surface area contributed by atoms with Gasteiger partial charge in [-0.3, -0.25) is 14.4 Å².